The molecule has 0 unspecified atom stereocenters. The van der Waals surface area contributed by atoms with Gasteiger partial charge in [0.1, 0.15) is 0 Å². The molecule has 0 saturated carbocycles. The molecular weight excluding hydrogens is 146 g/mol. The van der Waals surface area contributed by atoms with Gasteiger partial charge in [0.05, 0.1) is 0 Å². The summed E-state index contributed by atoms with van der Waals surface area (Å²) in [6.07, 6.45) is 16.6. The number of rotatable bonds is 0. The van der Waals surface area contributed by atoms with Crippen molar-refractivity contribution in [3.63, 3.8) is 0 Å². The Morgan fingerprint density at radius 2 is 1.58 bits per heavy atom. The van der Waals surface area contributed by atoms with Crippen LogP contribution in [0.2, 0.25) is 0 Å². The highest BCUT2D eigenvalue weighted by molar-refractivity contribution is 5.48. The van der Waals surface area contributed by atoms with Crippen LogP contribution >= 0.6 is 0 Å². The first kappa shape index (κ1) is 7.17. The monoisotopic (exact) mass is 157 g/mol. The first-order valence-corrected chi connectivity index (χ1v) is 4.05. The van der Waals surface area contributed by atoms with Crippen LogP contribution in [0.3, 0.4) is 0 Å². The lowest BCUT2D eigenvalue weighted by molar-refractivity contribution is 0.580. The Kier molecular flexibility index (Phi) is 1.71. The molecule has 0 N–H and O–H groups in total. The van der Waals surface area contributed by atoms with Gasteiger partial charge in [-0.25, -0.2) is 0 Å². The number of hydrogen-bond donors (Lipinski definition) is 0. The van der Waals surface area contributed by atoms with Crippen molar-refractivity contribution in [2.24, 2.45) is 0 Å². The Morgan fingerprint density at radius 3 is 2.25 bits per heavy atom. The van der Waals surface area contributed by atoms with Crippen molar-refractivity contribution in [2.45, 2.75) is 0 Å². The SMILES string of the molecule is CN1C=CC=CC1=C1C=CC=C1. The lowest BCUT2D eigenvalue weighted by Gasteiger charge is -2.19. The molecule has 12 heavy (non-hydrogen) atoms. The molecular formula is C11H11N. The molecule has 0 saturated heterocycles. The quantitative estimate of drug-likeness (QED) is 0.522. The fourth-order valence-corrected chi connectivity index (χ4v) is 1.37. The minimum absolute atomic E-state index is 1.25. The number of allylic oxidation sites excluding steroid dienone is 8. The Bertz CT molecular complexity index is 313. The third-order valence-corrected chi connectivity index (χ3v) is 2.01. The first-order valence-electron chi connectivity index (χ1n) is 4.05. The molecule has 2 aliphatic rings. The summed E-state index contributed by atoms with van der Waals surface area (Å²) in [6.45, 7) is 0. The number of likely N-dealkylation sites (N-methyl/N-ethyl adjacent to an activating group) is 1. The van der Waals surface area contributed by atoms with E-state index in [1.54, 1.807) is 0 Å². The largest absolute Gasteiger partial charge is 0.351 e. The molecule has 0 fully saturated rings. The van der Waals surface area contributed by atoms with Crippen LogP contribution in [0.15, 0.2) is 60.0 Å². The van der Waals surface area contributed by atoms with Crippen molar-refractivity contribution < 1.29 is 0 Å². The lowest BCUT2D eigenvalue weighted by atomic mass is 10.1. The van der Waals surface area contributed by atoms with Crippen LogP contribution in [0.5, 0.6) is 0 Å². The zero-order chi connectivity index (χ0) is 8.39. The van der Waals surface area contributed by atoms with Gasteiger partial charge in [-0.05, 0) is 17.7 Å². The van der Waals surface area contributed by atoms with Crippen LogP contribution in [0.1, 0.15) is 0 Å². The molecule has 1 aliphatic heterocycles. The summed E-state index contributed by atoms with van der Waals surface area (Å²) in [7, 11) is 2.06. The maximum atomic E-state index is 2.12. The Labute approximate surface area is 72.7 Å². The number of nitrogens with zero attached hydrogens (tertiary/aromatic N) is 1. The van der Waals surface area contributed by atoms with Gasteiger partial charge in [0.25, 0.3) is 0 Å². The summed E-state index contributed by atoms with van der Waals surface area (Å²) < 4.78 is 0. The summed E-state index contributed by atoms with van der Waals surface area (Å²) in [4.78, 5) is 2.12. The zero-order valence-electron chi connectivity index (χ0n) is 7.07. The van der Waals surface area contributed by atoms with E-state index in [0.717, 1.165) is 0 Å². The fourth-order valence-electron chi connectivity index (χ4n) is 1.37. The van der Waals surface area contributed by atoms with Crippen molar-refractivity contribution in [3.05, 3.63) is 60.0 Å². The van der Waals surface area contributed by atoms with E-state index in [1.807, 2.05) is 6.08 Å². The zero-order valence-corrected chi connectivity index (χ0v) is 7.07. The standard InChI is InChI=1S/C11H11N/c1-12-9-5-4-8-11(12)10-6-2-3-7-10/h2-9H,1H3. The van der Waals surface area contributed by atoms with Gasteiger partial charge in [-0.2, -0.15) is 0 Å². The van der Waals surface area contributed by atoms with E-state index in [-0.39, 0.29) is 0 Å². The molecule has 0 aromatic heterocycles. The fraction of sp³-hybridized carbons (Fsp3) is 0.0909. The molecule has 0 aromatic carbocycles. The topological polar surface area (TPSA) is 3.24 Å². The second-order valence-corrected chi connectivity index (χ2v) is 2.87. The predicted molar refractivity (Wildman–Crippen MR) is 51.3 cm³/mol. The smallest absolute Gasteiger partial charge is 0.0477 e. The third kappa shape index (κ3) is 1.14. The summed E-state index contributed by atoms with van der Waals surface area (Å²) in [6, 6.07) is 0. The maximum absolute atomic E-state index is 2.12. The first-order chi connectivity index (χ1) is 5.88. The van der Waals surface area contributed by atoms with E-state index >= 15 is 0 Å². The Hall–Kier alpha value is -1.50. The number of hydrogen-bond acceptors (Lipinski definition) is 1. The van der Waals surface area contributed by atoms with Gasteiger partial charge in [-0.15, -0.1) is 0 Å². The van der Waals surface area contributed by atoms with Crippen LogP contribution < -0.4 is 0 Å². The maximum Gasteiger partial charge on any atom is 0.0477 e. The van der Waals surface area contributed by atoms with Crippen molar-refractivity contribution in [2.75, 3.05) is 7.05 Å². The highest BCUT2D eigenvalue weighted by atomic mass is 15.1. The van der Waals surface area contributed by atoms with Crippen molar-refractivity contribution in [1.82, 2.24) is 4.90 Å². The van der Waals surface area contributed by atoms with Crippen LogP contribution in [0.25, 0.3) is 0 Å². The Balaban J connectivity index is 2.40. The van der Waals surface area contributed by atoms with Crippen LogP contribution in [0, 0.1) is 0 Å². The van der Waals surface area contributed by atoms with Gasteiger partial charge < -0.3 is 4.90 Å². The molecule has 2 rings (SSSR count). The molecule has 0 atom stereocenters. The van der Waals surface area contributed by atoms with Gasteiger partial charge in [-0.3, -0.25) is 0 Å². The molecule has 1 heterocycles. The minimum Gasteiger partial charge on any atom is -0.351 e. The average Bonchev–Trinajstić information content (AvgIpc) is 2.57. The molecule has 1 nitrogen and oxygen atoms in total. The molecule has 0 spiro atoms. The van der Waals surface area contributed by atoms with E-state index in [4.69, 9.17) is 0 Å². The highest BCUT2D eigenvalue weighted by Crippen LogP contribution is 2.19. The highest BCUT2D eigenvalue weighted by Gasteiger charge is 2.05. The van der Waals surface area contributed by atoms with Crippen molar-refractivity contribution in [1.29, 1.82) is 0 Å². The van der Waals surface area contributed by atoms with Crippen LogP contribution in [0.4, 0.5) is 0 Å². The average molecular weight is 157 g/mol. The summed E-state index contributed by atoms with van der Waals surface area (Å²) in [5, 5.41) is 0. The molecule has 0 aromatic rings. The molecule has 0 radical (unpaired) electrons. The van der Waals surface area contributed by atoms with Crippen LogP contribution in [-0.2, 0) is 0 Å². The predicted octanol–water partition coefficient (Wildman–Crippen LogP) is 2.38. The van der Waals surface area contributed by atoms with E-state index in [1.165, 1.54) is 11.3 Å². The molecule has 60 valence electrons. The summed E-state index contributed by atoms with van der Waals surface area (Å²) in [5.41, 5.74) is 2.53. The normalized spacial score (nSPS) is 19.9. The lowest BCUT2D eigenvalue weighted by Crippen LogP contribution is -2.11. The third-order valence-electron chi connectivity index (χ3n) is 2.01. The Morgan fingerprint density at radius 1 is 0.917 bits per heavy atom. The van der Waals surface area contributed by atoms with E-state index in [2.05, 4.69) is 54.6 Å². The molecule has 1 heteroatoms. The van der Waals surface area contributed by atoms with Crippen LogP contribution in [-0.4, -0.2) is 11.9 Å². The van der Waals surface area contributed by atoms with Gasteiger partial charge in [0.15, 0.2) is 0 Å². The molecule has 1 aliphatic carbocycles. The van der Waals surface area contributed by atoms with Gasteiger partial charge in [0, 0.05) is 18.9 Å². The van der Waals surface area contributed by atoms with E-state index in [9.17, 15) is 0 Å². The van der Waals surface area contributed by atoms with E-state index in [0.29, 0.717) is 0 Å². The molecule has 0 bridgehead atoms. The summed E-state index contributed by atoms with van der Waals surface area (Å²) in [5.74, 6) is 0. The second-order valence-electron chi connectivity index (χ2n) is 2.87. The van der Waals surface area contributed by atoms with E-state index < -0.39 is 0 Å². The van der Waals surface area contributed by atoms with Gasteiger partial charge >= 0.3 is 0 Å². The summed E-state index contributed by atoms with van der Waals surface area (Å²) >= 11 is 0. The van der Waals surface area contributed by atoms with Gasteiger partial charge in [-0.1, -0.05) is 30.4 Å². The molecule has 0 amide bonds. The second kappa shape index (κ2) is 2.86. The minimum atomic E-state index is 1.25. The van der Waals surface area contributed by atoms with Crippen molar-refractivity contribution in [3.8, 4) is 0 Å². The van der Waals surface area contributed by atoms with Crippen molar-refractivity contribution >= 4 is 0 Å². The van der Waals surface area contributed by atoms with Gasteiger partial charge in [0.2, 0.25) is 0 Å².